The smallest absolute Gasteiger partial charge is 0.351 e. The maximum Gasteiger partial charge on any atom is 0.393 e. The normalized spacial score (nSPS) is 23.6. The van der Waals surface area contributed by atoms with E-state index in [1.54, 1.807) is 0 Å². The van der Waals surface area contributed by atoms with Gasteiger partial charge in [0.25, 0.3) is 11.8 Å². The van der Waals surface area contributed by atoms with E-state index in [0.717, 1.165) is 25.9 Å². The van der Waals surface area contributed by atoms with Gasteiger partial charge in [0.05, 0.1) is 5.92 Å². The van der Waals surface area contributed by atoms with Crippen LogP contribution in [0.3, 0.4) is 0 Å². The van der Waals surface area contributed by atoms with Crippen LogP contribution in [0.1, 0.15) is 42.5 Å². The van der Waals surface area contributed by atoms with Crippen LogP contribution in [0.5, 0.6) is 0 Å². The topological polar surface area (TPSA) is 82.1 Å². The average Bonchev–Trinajstić information content (AvgIpc) is 3.44. The first kappa shape index (κ1) is 23.6. The summed E-state index contributed by atoms with van der Waals surface area (Å²) in [4.78, 5) is 44.6. The van der Waals surface area contributed by atoms with Gasteiger partial charge in [0.2, 0.25) is 5.91 Å². The Morgan fingerprint density at radius 1 is 1.09 bits per heavy atom. The Labute approximate surface area is 193 Å². The van der Waals surface area contributed by atoms with E-state index in [0.29, 0.717) is 23.8 Å². The fourth-order valence-electron chi connectivity index (χ4n) is 4.24. The minimum atomic E-state index is -4.31. The van der Waals surface area contributed by atoms with Gasteiger partial charge < -0.3 is 15.1 Å². The number of carbonyl (C=O) groups is 3. The maximum atomic E-state index is 13.0. The molecular formula is C22H25F3N4O3S. The number of anilines is 1. The molecule has 11 heteroatoms. The molecule has 33 heavy (non-hydrogen) atoms. The average molecular weight is 483 g/mol. The number of nitrogens with zero attached hydrogens (tertiary/aromatic N) is 3. The van der Waals surface area contributed by atoms with Gasteiger partial charge in [0.1, 0.15) is 5.25 Å². The van der Waals surface area contributed by atoms with Crippen LogP contribution in [0.25, 0.3) is 0 Å². The van der Waals surface area contributed by atoms with Crippen LogP contribution >= 0.6 is 11.8 Å². The van der Waals surface area contributed by atoms with Crippen molar-refractivity contribution in [1.82, 2.24) is 9.80 Å². The Morgan fingerprint density at radius 2 is 1.79 bits per heavy atom. The maximum absolute atomic E-state index is 13.0. The number of rotatable bonds is 4. The minimum Gasteiger partial charge on any atom is -0.351 e. The molecule has 0 bridgehead atoms. The summed E-state index contributed by atoms with van der Waals surface area (Å²) in [5, 5.41) is 2.83. The standard InChI is InChI=1S/C22H25F3N4O3S/c23-22(24,25)15-4-3-11-29(13-15)20(32)14-5-7-16(8-6-14)26-18(30)12-17-19(31)27-21(33-17)28-9-1-2-10-28/h5-8,15,17H,1-4,9-13H2,(H,26,30)/t15-,17+/m0/s1. The summed E-state index contributed by atoms with van der Waals surface area (Å²) in [5.41, 5.74) is 0.709. The molecule has 1 aromatic carbocycles. The van der Waals surface area contributed by atoms with E-state index < -0.39 is 23.3 Å². The van der Waals surface area contributed by atoms with Crippen molar-refractivity contribution in [2.24, 2.45) is 10.9 Å². The largest absolute Gasteiger partial charge is 0.393 e. The Hall–Kier alpha value is -2.56. The zero-order valence-corrected chi connectivity index (χ0v) is 18.8. The molecule has 0 spiro atoms. The number of carbonyl (C=O) groups excluding carboxylic acids is 3. The molecule has 2 fully saturated rings. The predicted molar refractivity (Wildman–Crippen MR) is 119 cm³/mol. The van der Waals surface area contributed by atoms with Crippen molar-refractivity contribution in [2.75, 3.05) is 31.5 Å². The minimum absolute atomic E-state index is 0.0162. The van der Waals surface area contributed by atoms with Gasteiger partial charge in [-0.2, -0.15) is 18.2 Å². The van der Waals surface area contributed by atoms with Crippen molar-refractivity contribution in [2.45, 2.75) is 43.5 Å². The Kier molecular flexibility index (Phi) is 6.96. The number of halogens is 3. The summed E-state index contributed by atoms with van der Waals surface area (Å²) >= 11 is 1.31. The van der Waals surface area contributed by atoms with Gasteiger partial charge in [-0.15, -0.1) is 0 Å². The number of thioether (sulfide) groups is 1. The number of likely N-dealkylation sites (tertiary alicyclic amines) is 2. The van der Waals surface area contributed by atoms with E-state index in [2.05, 4.69) is 15.2 Å². The number of nitrogens with one attached hydrogen (secondary N) is 1. The highest BCUT2D eigenvalue weighted by atomic mass is 32.2. The summed E-state index contributed by atoms with van der Waals surface area (Å²) in [7, 11) is 0. The van der Waals surface area contributed by atoms with Crippen LogP contribution in [-0.2, 0) is 9.59 Å². The lowest BCUT2D eigenvalue weighted by Crippen LogP contribution is -2.44. The Bertz CT molecular complexity index is 945. The molecule has 3 amide bonds. The van der Waals surface area contributed by atoms with Crippen molar-refractivity contribution >= 4 is 40.3 Å². The molecule has 0 unspecified atom stereocenters. The molecular weight excluding hydrogens is 457 g/mol. The predicted octanol–water partition coefficient (Wildman–Crippen LogP) is 3.52. The molecule has 3 aliphatic rings. The zero-order valence-electron chi connectivity index (χ0n) is 17.9. The van der Waals surface area contributed by atoms with E-state index in [1.165, 1.54) is 40.9 Å². The number of hydrogen-bond donors (Lipinski definition) is 1. The first-order valence-corrected chi connectivity index (χ1v) is 11.9. The zero-order chi connectivity index (χ0) is 23.6. The van der Waals surface area contributed by atoms with E-state index in [-0.39, 0.29) is 36.8 Å². The second-order valence-corrected chi connectivity index (χ2v) is 9.66. The summed E-state index contributed by atoms with van der Waals surface area (Å²) in [5.74, 6) is -2.61. The number of alkyl halides is 3. The molecule has 2 saturated heterocycles. The van der Waals surface area contributed by atoms with E-state index >= 15 is 0 Å². The lowest BCUT2D eigenvalue weighted by molar-refractivity contribution is -0.184. The molecule has 0 aliphatic carbocycles. The number of hydrogen-bond acceptors (Lipinski definition) is 5. The van der Waals surface area contributed by atoms with E-state index in [4.69, 9.17) is 0 Å². The quantitative estimate of drug-likeness (QED) is 0.710. The molecule has 178 valence electrons. The van der Waals surface area contributed by atoms with Gasteiger partial charge in [0.15, 0.2) is 5.17 Å². The molecule has 3 aliphatic heterocycles. The fraction of sp³-hybridized carbons (Fsp3) is 0.545. The number of amidine groups is 1. The molecule has 0 saturated carbocycles. The van der Waals surface area contributed by atoms with Gasteiger partial charge >= 0.3 is 6.18 Å². The number of amides is 3. The molecule has 0 aromatic heterocycles. The Morgan fingerprint density at radius 3 is 2.45 bits per heavy atom. The van der Waals surface area contributed by atoms with Crippen LogP contribution in [0, 0.1) is 5.92 Å². The highest BCUT2D eigenvalue weighted by Gasteiger charge is 2.42. The van der Waals surface area contributed by atoms with Crippen molar-refractivity contribution in [3.05, 3.63) is 29.8 Å². The molecule has 2 atom stereocenters. The number of aliphatic imine (C=N–C) groups is 1. The lowest BCUT2D eigenvalue weighted by atomic mass is 9.97. The third kappa shape index (κ3) is 5.69. The summed E-state index contributed by atoms with van der Waals surface area (Å²) in [6.45, 7) is 1.70. The van der Waals surface area contributed by atoms with Gasteiger partial charge in [0, 0.05) is 43.9 Å². The van der Waals surface area contributed by atoms with E-state index in [1.807, 2.05) is 0 Å². The van der Waals surface area contributed by atoms with Crippen LogP contribution in [-0.4, -0.2) is 70.3 Å². The number of benzene rings is 1. The molecule has 7 nitrogen and oxygen atoms in total. The van der Waals surface area contributed by atoms with Crippen molar-refractivity contribution in [3.8, 4) is 0 Å². The van der Waals surface area contributed by atoms with Gasteiger partial charge in [-0.1, -0.05) is 11.8 Å². The fourth-order valence-corrected chi connectivity index (χ4v) is 5.36. The monoisotopic (exact) mass is 482 g/mol. The highest BCUT2D eigenvalue weighted by molar-refractivity contribution is 8.15. The second kappa shape index (κ2) is 9.74. The molecule has 1 N–H and O–H groups in total. The highest BCUT2D eigenvalue weighted by Crippen LogP contribution is 2.33. The summed E-state index contributed by atoms with van der Waals surface area (Å²) < 4.78 is 39.0. The summed E-state index contributed by atoms with van der Waals surface area (Å²) in [6, 6.07) is 6.04. The number of piperidine rings is 1. The third-order valence-corrected chi connectivity index (χ3v) is 7.28. The molecule has 4 rings (SSSR count). The van der Waals surface area contributed by atoms with Crippen molar-refractivity contribution < 1.29 is 27.6 Å². The molecule has 3 heterocycles. The first-order chi connectivity index (χ1) is 15.7. The summed E-state index contributed by atoms with van der Waals surface area (Å²) in [6.07, 6.45) is -1.85. The van der Waals surface area contributed by atoms with Gasteiger partial charge in [-0.05, 0) is 49.9 Å². The molecule has 1 aromatic rings. The van der Waals surface area contributed by atoms with Gasteiger partial charge in [-0.3, -0.25) is 14.4 Å². The van der Waals surface area contributed by atoms with Crippen LogP contribution in [0.4, 0.5) is 18.9 Å². The van der Waals surface area contributed by atoms with Crippen LogP contribution < -0.4 is 5.32 Å². The lowest BCUT2D eigenvalue weighted by Gasteiger charge is -2.33. The van der Waals surface area contributed by atoms with Crippen molar-refractivity contribution in [1.29, 1.82) is 0 Å². The van der Waals surface area contributed by atoms with Crippen LogP contribution in [0.15, 0.2) is 29.3 Å². The second-order valence-electron chi connectivity index (χ2n) is 8.49. The van der Waals surface area contributed by atoms with Crippen LogP contribution in [0.2, 0.25) is 0 Å². The third-order valence-electron chi connectivity index (χ3n) is 6.06. The SMILES string of the molecule is O=C(C[C@H]1SC(N2CCCC2)=NC1=O)Nc1ccc(C(=O)N2CCC[C@H](C(F)(F)F)C2)cc1. The molecule has 0 radical (unpaired) electrons. The Balaban J connectivity index is 1.29. The van der Waals surface area contributed by atoms with Crippen molar-refractivity contribution in [3.63, 3.8) is 0 Å². The first-order valence-electron chi connectivity index (χ1n) is 11.0. The van der Waals surface area contributed by atoms with Gasteiger partial charge in [-0.25, -0.2) is 0 Å². The van der Waals surface area contributed by atoms with E-state index in [9.17, 15) is 27.6 Å².